The van der Waals surface area contributed by atoms with E-state index in [1.165, 1.54) is 24.0 Å². The molecule has 0 aliphatic carbocycles. The highest BCUT2D eigenvalue weighted by molar-refractivity contribution is 5.44. The summed E-state index contributed by atoms with van der Waals surface area (Å²) in [6.45, 7) is 45.7. The van der Waals surface area contributed by atoms with Crippen LogP contribution in [0, 0.1) is 22.7 Å². The zero-order valence-corrected chi connectivity index (χ0v) is 53.6. The first-order valence-electron chi connectivity index (χ1n) is 30.4. The van der Waals surface area contributed by atoms with E-state index in [1.54, 1.807) is 7.11 Å². The summed E-state index contributed by atoms with van der Waals surface area (Å²) in [4.78, 5) is 0. The van der Waals surface area contributed by atoms with Crippen LogP contribution in [0.1, 0.15) is 120 Å². The van der Waals surface area contributed by atoms with Crippen molar-refractivity contribution in [3.8, 4) is 5.75 Å². The second-order valence-corrected chi connectivity index (χ2v) is 24.3. The van der Waals surface area contributed by atoms with Gasteiger partial charge in [0.2, 0.25) is 0 Å². The van der Waals surface area contributed by atoms with Gasteiger partial charge in [0.05, 0.1) is 218 Å². The van der Waals surface area contributed by atoms with Gasteiger partial charge in [0, 0.05) is 12.7 Å². The molecule has 81 heavy (non-hydrogen) atoms. The molecule has 0 fully saturated rings. The molecule has 2 unspecified atom stereocenters. The van der Waals surface area contributed by atoms with Crippen LogP contribution in [0.5, 0.6) is 5.75 Å². The molecule has 0 spiro atoms. The Morgan fingerprint density at radius 2 is 0.506 bits per heavy atom. The Bertz CT molecular complexity index is 1520. The lowest BCUT2D eigenvalue weighted by Gasteiger charge is -2.36. The van der Waals surface area contributed by atoms with Gasteiger partial charge in [0.15, 0.2) is 0 Å². The van der Waals surface area contributed by atoms with Gasteiger partial charge in [-0.05, 0) is 70.8 Å². The maximum absolute atomic E-state index is 6.48. The summed E-state index contributed by atoms with van der Waals surface area (Å²) < 4.78 is 100. The summed E-state index contributed by atoms with van der Waals surface area (Å²) >= 11 is 0. The topological polar surface area (TPSA) is 166 Å². The van der Waals surface area contributed by atoms with Crippen molar-refractivity contribution in [3.63, 3.8) is 0 Å². The van der Waals surface area contributed by atoms with Crippen molar-refractivity contribution >= 4 is 0 Å². The number of rotatable bonds is 60. The molecule has 0 bridgehead atoms. The molecule has 1 aromatic carbocycles. The van der Waals surface area contributed by atoms with Crippen molar-refractivity contribution in [2.45, 2.75) is 120 Å². The molecule has 2 atom stereocenters. The summed E-state index contributed by atoms with van der Waals surface area (Å²) in [6, 6.07) is 6.94. The third-order valence-corrected chi connectivity index (χ3v) is 12.6. The van der Waals surface area contributed by atoms with E-state index in [2.05, 4.69) is 101 Å². The fraction of sp³-hybridized carbons (Fsp3) is 0.905. The first-order valence-corrected chi connectivity index (χ1v) is 30.4. The molecular formula is C63H120O18. The highest BCUT2D eigenvalue weighted by Gasteiger charge is 2.32. The van der Waals surface area contributed by atoms with Crippen LogP contribution in [-0.4, -0.2) is 232 Å². The van der Waals surface area contributed by atoms with Crippen LogP contribution in [0.2, 0.25) is 0 Å². The van der Waals surface area contributed by atoms with Crippen molar-refractivity contribution in [1.82, 2.24) is 0 Å². The molecule has 0 radical (unpaired) electrons. The number of ether oxygens (including phenoxy) is 18. The maximum Gasteiger partial charge on any atom is 0.123 e. The van der Waals surface area contributed by atoms with Crippen LogP contribution in [-0.2, 0) is 91.4 Å². The van der Waals surface area contributed by atoms with E-state index >= 15 is 0 Å². The van der Waals surface area contributed by atoms with Gasteiger partial charge in [-0.15, -0.1) is 0 Å². The Kier molecular flexibility index (Phi) is 48.2. The monoisotopic (exact) mass is 1160 g/mol. The van der Waals surface area contributed by atoms with E-state index in [0.29, 0.717) is 247 Å². The zero-order chi connectivity index (χ0) is 59.6. The molecule has 0 heterocycles. The second-order valence-electron chi connectivity index (χ2n) is 24.3. The average Bonchev–Trinajstić information content (AvgIpc) is 3.38. The van der Waals surface area contributed by atoms with Gasteiger partial charge in [-0.1, -0.05) is 95.2 Å². The predicted molar refractivity (Wildman–Crippen MR) is 319 cm³/mol. The van der Waals surface area contributed by atoms with Crippen molar-refractivity contribution < 1.29 is 85.3 Å². The summed E-state index contributed by atoms with van der Waals surface area (Å²) in [6.07, 6.45) is 4.64. The summed E-state index contributed by atoms with van der Waals surface area (Å²) in [7, 11) is 1.65. The molecule has 18 heteroatoms. The van der Waals surface area contributed by atoms with E-state index in [-0.39, 0.29) is 10.8 Å². The Morgan fingerprint density at radius 3 is 0.741 bits per heavy atom. The third-order valence-electron chi connectivity index (χ3n) is 12.6. The number of hydrogen-bond donors (Lipinski definition) is 0. The van der Waals surface area contributed by atoms with E-state index in [0.717, 1.165) is 18.6 Å². The van der Waals surface area contributed by atoms with E-state index in [4.69, 9.17) is 85.3 Å². The molecule has 1 rings (SSSR count). The minimum atomic E-state index is -0.0453. The lowest BCUT2D eigenvalue weighted by molar-refractivity contribution is -0.0306. The van der Waals surface area contributed by atoms with Gasteiger partial charge in [-0.25, -0.2) is 0 Å². The minimum absolute atomic E-state index is 0.0453. The van der Waals surface area contributed by atoms with Gasteiger partial charge in [-0.3, -0.25) is 0 Å². The lowest BCUT2D eigenvalue weighted by atomic mass is 9.70. The van der Waals surface area contributed by atoms with Gasteiger partial charge in [0.25, 0.3) is 0 Å². The Hall–Kier alpha value is -1.66. The third kappa shape index (κ3) is 49.2. The summed E-state index contributed by atoms with van der Waals surface area (Å²) in [5, 5.41) is 0. The normalized spacial score (nSPS) is 13.4. The van der Waals surface area contributed by atoms with Crippen molar-refractivity contribution in [2.75, 3.05) is 232 Å². The van der Waals surface area contributed by atoms with Crippen molar-refractivity contribution in [1.29, 1.82) is 0 Å². The Balaban J connectivity index is 1.91. The second kappa shape index (κ2) is 50.5. The van der Waals surface area contributed by atoms with Crippen LogP contribution in [0.4, 0.5) is 0 Å². The number of methoxy groups -OCH3 is 1. The van der Waals surface area contributed by atoms with Crippen molar-refractivity contribution in [3.05, 3.63) is 29.3 Å². The van der Waals surface area contributed by atoms with Crippen LogP contribution >= 0.6 is 0 Å². The molecule has 480 valence electrons. The first-order chi connectivity index (χ1) is 38.9. The molecule has 0 aliphatic heterocycles. The first kappa shape index (κ1) is 77.4. The van der Waals surface area contributed by atoms with Gasteiger partial charge < -0.3 is 85.3 Å². The quantitative estimate of drug-likeness (QED) is 0.0566. The van der Waals surface area contributed by atoms with E-state index in [1.807, 2.05) is 0 Å². The smallest absolute Gasteiger partial charge is 0.123 e. The molecule has 0 saturated carbocycles. The standard InChI is InChI=1S/C63H120O18/c1-55(51-60(3,4)5)53-62(9,10)57-14-15-59(58(50-57)63(11,12)54-56(2)52-61(6,7)8)81-49-48-80-47-46-79-45-44-78-43-42-77-41-40-76-39-38-75-37-36-74-35-34-73-33-32-72-31-30-71-29-28-70-27-26-69-25-24-68-23-22-67-21-20-66-19-18-65-17-16-64-13/h14-15,50,55-56H,16-49,51-54H2,1-13H3. The summed E-state index contributed by atoms with van der Waals surface area (Å²) in [5.74, 6) is 2.18. The fourth-order valence-corrected chi connectivity index (χ4v) is 9.56. The molecule has 0 N–H and O–H groups in total. The molecular weight excluding hydrogens is 1040 g/mol. The molecule has 0 aliphatic rings. The van der Waals surface area contributed by atoms with Gasteiger partial charge >= 0.3 is 0 Å². The average molecular weight is 1170 g/mol. The van der Waals surface area contributed by atoms with Crippen LogP contribution < -0.4 is 4.74 Å². The maximum atomic E-state index is 6.48. The van der Waals surface area contributed by atoms with Crippen molar-refractivity contribution in [2.24, 2.45) is 22.7 Å². The zero-order valence-electron chi connectivity index (χ0n) is 53.6. The molecule has 0 saturated heterocycles. The Morgan fingerprint density at radius 1 is 0.284 bits per heavy atom. The number of hydrogen-bond acceptors (Lipinski definition) is 18. The van der Waals surface area contributed by atoms with Crippen LogP contribution in [0.3, 0.4) is 0 Å². The Labute approximate surface area is 492 Å². The largest absolute Gasteiger partial charge is 0.491 e. The van der Waals surface area contributed by atoms with Crippen LogP contribution in [0.25, 0.3) is 0 Å². The minimum Gasteiger partial charge on any atom is -0.491 e. The van der Waals surface area contributed by atoms with Gasteiger partial charge in [-0.2, -0.15) is 0 Å². The highest BCUT2D eigenvalue weighted by Crippen LogP contribution is 2.43. The molecule has 0 aromatic heterocycles. The molecule has 1 aromatic rings. The molecule has 18 nitrogen and oxygen atoms in total. The van der Waals surface area contributed by atoms with E-state index < -0.39 is 0 Å². The van der Waals surface area contributed by atoms with Crippen LogP contribution in [0.15, 0.2) is 18.2 Å². The highest BCUT2D eigenvalue weighted by atomic mass is 16.6. The van der Waals surface area contributed by atoms with Gasteiger partial charge in [0.1, 0.15) is 12.4 Å². The van der Waals surface area contributed by atoms with E-state index in [9.17, 15) is 0 Å². The SMILES string of the molecule is COCCOCCOCCOCCOCCOCCOCCOCCOCCOCCOCCOCCOCCOCCOCCOCCOCCOc1ccc(C(C)(C)CC(C)CC(C)(C)C)cc1C(C)(C)CC(C)CC(C)(C)C. The predicted octanol–water partition coefficient (Wildman–Crippen LogP) is 9.46. The fourth-order valence-electron chi connectivity index (χ4n) is 9.56. The molecule has 0 amide bonds. The number of benzene rings is 1. The summed E-state index contributed by atoms with van der Waals surface area (Å²) in [5.41, 5.74) is 3.31. The lowest BCUT2D eigenvalue weighted by Crippen LogP contribution is -2.27.